The Balaban J connectivity index is 5.80. The normalized spacial score (nSPS) is 12.1. The average molecular weight is 876 g/mol. The number of hydrogen-bond acceptors (Lipinski definition) is 4. The molecule has 0 rings (SSSR count). The Bertz CT molecular complexity index is 704. The van der Waals surface area contributed by atoms with Crippen LogP contribution >= 0.6 is 0 Å². The zero-order valence-electron chi connectivity index (χ0n) is 44.0. The Kier molecular flexibility index (Phi) is 53.3. The Hall–Kier alpha value is -0.160. The lowest BCUT2D eigenvalue weighted by molar-refractivity contribution is 0.0511. The SMILES string of the molecule is CCCCCCCCCCCCN(CCCCCCCCCCCC)C(CCCCCCCCCCCC)(CCCCCCCCCCCC)CCNCCCCNCCCN. The summed E-state index contributed by atoms with van der Waals surface area (Å²) in [4.78, 5) is 3.17. The van der Waals surface area contributed by atoms with Crippen LogP contribution in [0, 0.1) is 0 Å². The van der Waals surface area contributed by atoms with Crippen molar-refractivity contribution in [1.82, 2.24) is 15.5 Å². The molecule has 0 saturated carbocycles. The smallest absolute Gasteiger partial charge is 0.0221 e. The molecule has 0 bridgehead atoms. The van der Waals surface area contributed by atoms with Gasteiger partial charge in [0, 0.05) is 5.54 Å². The number of rotatable bonds is 56. The highest BCUT2D eigenvalue weighted by molar-refractivity contribution is 4.92. The Morgan fingerprint density at radius 3 is 0.839 bits per heavy atom. The summed E-state index contributed by atoms with van der Waals surface area (Å²) in [6.07, 6.45) is 65.5. The van der Waals surface area contributed by atoms with Crippen LogP contribution in [0.4, 0.5) is 0 Å². The molecule has 0 spiro atoms. The number of unbranched alkanes of at least 4 members (excludes halogenated alkanes) is 37. The van der Waals surface area contributed by atoms with Gasteiger partial charge >= 0.3 is 0 Å². The van der Waals surface area contributed by atoms with Crippen molar-refractivity contribution in [3.8, 4) is 0 Å². The second-order valence-corrected chi connectivity index (χ2v) is 20.5. The Morgan fingerprint density at radius 2 is 0.532 bits per heavy atom. The standard InChI is InChI=1S/C58H122N4/c1-5-9-13-17-21-25-29-33-37-41-48-58(49-42-38-34-30-26-22-18-14-10-6-2,50-55-61-53-44-43-52-60-54-47-51-59)62(56-45-39-35-31-27-23-19-15-11-7-3)57-46-40-36-32-28-24-20-16-12-8-4/h60-61H,5-57,59H2,1-4H3. The second kappa shape index (κ2) is 53.5. The maximum atomic E-state index is 5.72. The van der Waals surface area contributed by atoms with Gasteiger partial charge in [-0.2, -0.15) is 0 Å². The third-order valence-electron chi connectivity index (χ3n) is 14.5. The maximum Gasteiger partial charge on any atom is 0.0221 e. The number of hydrogen-bond donors (Lipinski definition) is 3. The fraction of sp³-hybridized carbons (Fsp3) is 1.00. The molecule has 0 aliphatic heterocycles. The van der Waals surface area contributed by atoms with E-state index in [1.165, 1.54) is 315 Å². The molecule has 0 atom stereocenters. The van der Waals surface area contributed by atoms with E-state index in [0.29, 0.717) is 5.54 Å². The first-order valence-electron chi connectivity index (χ1n) is 29.6. The third-order valence-corrected chi connectivity index (χ3v) is 14.5. The minimum atomic E-state index is 0.371. The highest BCUT2D eigenvalue weighted by Gasteiger charge is 2.35. The fourth-order valence-electron chi connectivity index (χ4n) is 10.2. The van der Waals surface area contributed by atoms with E-state index in [4.69, 9.17) is 5.73 Å². The van der Waals surface area contributed by atoms with Crippen LogP contribution in [-0.2, 0) is 0 Å². The number of nitrogens with two attached hydrogens (primary N) is 1. The Labute approximate surface area is 394 Å². The predicted octanol–water partition coefficient (Wildman–Crippen LogP) is 18.2. The van der Waals surface area contributed by atoms with E-state index in [9.17, 15) is 0 Å². The number of nitrogens with one attached hydrogen (secondary N) is 2. The fourth-order valence-corrected chi connectivity index (χ4v) is 10.2. The first-order chi connectivity index (χ1) is 30.7. The van der Waals surface area contributed by atoms with Crippen LogP contribution in [0.2, 0.25) is 0 Å². The molecular formula is C58H122N4. The van der Waals surface area contributed by atoms with E-state index in [1.54, 1.807) is 0 Å². The molecule has 0 heterocycles. The lowest BCUT2D eigenvalue weighted by Crippen LogP contribution is -2.51. The van der Waals surface area contributed by atoms with Crippen LogP contribution in [0.25, 0.3) is 0 Å². The summed E-state index contributed by atoms with van der Waals surface area (Å²) < 4.78 is 0. The molecule has 0 fully saturated rings. The summed E-state index contributed by atoms with van der Waals surface area (Å²) in [5.41, 5.74) is 6.09. The second-order valence-electron chi connectivity index (χ2n) is 20.5. The van der Waals surface area contributed by atoms with Crippen molar-refractivity contribution in [2.45, 2.75) is 329 Å². The van der Waals surface area contributed by atoms with Crippen molar-refractivity contribution in [2.75, 3.05) is 45.8 Å². The minimum absolute atomic E-state index is 0.371. The molecule has 374 valence electrons. The highest BCUT2D eigenvalue weighted by Crippen LogP contribution is 2.34. The zero-order chi connectivity index (χ0) is 45.0. The topological polar surface area (TPSA) is 53.3 Å². The lowest BCUT2D eigenvalue weighted by Gasteiger charge is -2.46. The van der Waals surface area contributed by atoms with Crippen molar-refractivity contribution >= 4 is 0 Å². The van der Waals surface area contributed by atoms with Crippen LogP contribution in [0.3, 0.4) is 0 Å². The molecule has 4 heteroatoms. The van der Waals surface area contributed by atoms with Gasteiger partial charge in [0.15, 0.2) is 0 Å². The lowest BCUT2D eigenvalue weighted by atomic mass is 9.81. The average Bonchev–Trinajstić information content (AvgIpc) is 3.28. The molecule has 0 aromatic rings. The van der Waals surface area contributed by atoms with Crippen molar-refractivity contribution < 1.29 is 0 Å². The molecule has 0 unspecified atom stereocenters. The molecular weight excluding hydrogens is 753 g/mol. The van der Waals surface area contributed by atoms with Crippen molar-refractivity contribution in [2.24, 2.45) is 5.73 Å². The van der Waals surface area contributed by atoms with Crippen molar-refractivity contribution in [3.63, 3.8) is 0 Å². The van der Waals surface area contributed by atoms with Crippen LogP contribution < -0.4 is 16.4 Å². The molecule has 0 amide bonds. The van der Waals surface area contributed by atoms with E-state index in [1.807, 2.05) is 0 Å². The van der Waals surface area contributed by atoms with Crippen LogP contribution in [0.5, 0.6) is 0 Å². The van der Waals surface area contributed by atoms with Crippen LogP contribution in [0.15, 0.2) is 0 Å². The summed E-state index contributed by atoms with van der Waals surface area (Å²) in [7, 11) is 0. The van der Waals surface area contributed by atoms with Gasteiger partial charge in [-0.15, -0.1) is 0 Å². The molecule has 62 heavy (non-hydrogen) atoms. The van der Waals surface area contributed by atoms with Gasteiger partial charge in [0.05, 0.1) is 0 Å². The summed E-state index contributed by atoms with van der Waals surface area (Å²) in [6.45, 7) is 17.4. The van der Waals surface area contributed by atoms with Gasteiger partial charge in [-0.3, -0.25) is 4.90 Å². The van der Waals surface area contributed by atoms with Crippen molar-refractivity contribution in [3.05, 3.63) is 0 Å². The third kappa shape index (κ3) is 43.7. The number of nitrogens with zero attached hydrogens (tertiary/aromatic N) is 1. The van der Waals surface area contributed by atoms with Gasteiger partial charge in [0.2, 0.25) is 0 Å². The van der Waals surface area contributed by atoms with Gasteiger partial charge in [-0.05, 0) is 97.2 Å². The molecule has 0 aromatic carbocycles. The predicted molar refractivity (Wildman–Crippen MR) is 284 cm³/mol. The first kappa shape index (κ1) is 61.8. The molecule has 4 N–H and O–H groups in total. The highest BCUT2D eigenvalue weighted by atomic mass is 15.2. The minimum Gasteiger partial charge on any atom is -0.330 e. The summed E-state index contributed by atoms with van der Waals surface area (Å²) >= 11 is 0. The van der Waals surface area contributed by atoms with Crippen LogP contribution in [0.1, 0.15) is 323 Å². The Morgan fingerprint density at radius 1 is 0.274 bits per heavy atom. The summed E-state index contributed by atoms with van der Waals surface area (Å²) in [6, 6.07) is 0. The largest absolute Gasteiger partial charge is 0.330 e. The molecule has 0 aliphatic rings. The first-order valence-corrected chi connectivity index (χ1v) is 29.6. The molecule has 4 nitrogen and oxygen atoms in total. The monoisotopic (exact) mass is 875 g/mol. The van der Waals surface area contributed by atoms with Crippen molar-refractivity contribution in [1.29, 1.82) is 0 Å². The summed E-state index contributed by atoms with van der Waals surface area (Å²) in [5, 5.41) is 7.62. The van der Waals surface area contributed by atoms with E-state index in [-0.39, 0.29) is 0 Å². The van der Waals surface area contributed by atoms with Gasteiger partial charge in [0.1, 0.15) is 0 Å². The van der Waals surface area contributed by atoms with Gasteiger partial charge in [-0.1, -0.05) is 272 Å². The van der Waals surface area contributed by atoms with E-state index >= 15 is 0 Å². The molecule has 0 aliphatic carbocycles. The zero-order valence-corrected chi connectivity index (χ0v) is 44.0. The quantitative estimate of drug-likeness (QED) is 0.0533. The van der Waals surface area contributed by atoms with Crippen LogP contribution in [-0.4, -0.2) is 56.3 Å². The summed E-state index contributed by atoms with van der Waals surface area (Å²) in [5.74, 6) is 0. The van der Waals surface area contributed by atoms with E-state index in [0.717, 1.165) is 26.1 Å². The van der Waals surface area contributed by atoms with Gasteiger partial charge in [-0.25, -0.2) is 0 Å². The van der Waals surface area contributed by atoms with E-state index in [2.05, 4.69) is 43.2 Å². The molecule has 0 aromatic heterocycles. The van der Waals surface area contributed by atoms with Gasteiger partial charge < -0.3 is 16.4 Å². The van der Waals surface area contributed by atoms with E-state index < -0.39 is 0 Å². The van der Waals surface area contributed by atoms with Gasteiger partial charge in [0.25, 0.3) is 0 Å². The molecule has 0 saturated heterocycles. The maximum absolute atomic E-state index is 5.72. The molecule has 0 radical (unpaired) electrons.